The van der Waals surface area contributed by atoms with Crippen molar-refractivity contribution in [1.82, 2.24) is 9.55 Å². The number of ether oxygens (including phenoxy) is 1. The van der Waals surface area contributed by atoms with Crippen LogP contribution < -0.4 is 20.9 Å². The highest BCUT2D eigenvalue weighted by Gasteiger charge is 2.51. The summed E-state index contributed by atoms with van der Waals surface area (Å²) in [6, 6.07) is 7.69. The smallest absolute Gasteiger partial charge is 0.301 e. The molecule has 2 N–H and O–H groups in total. The average molecular weight is 458 g/mol. The second kappa shape index (κ2) is 7.35. The van der Waals surface area contributed by atoms with Crippen molar-refractivity contribution in [2.45, 2.75) is 24.8 Å². The summed E-state index contributed by atoms with van der Waals surface area (Å²) in [5.74, 6) is -3.40. The van der Waals surface area contributed by atoms with E-state index in [0.717, 1.165) is 0 Å². The van der Waals surface area contributed by atoms with Crippen LogP contribution in [0.2, 0.25) is 5.15 Å². The van der Waals surface area contributed by atoms with Crippen LogP contribution in [0.15, 0.2) is 35.3 Å². The molecule has 10 heteroatoms. The molecule has 7 nitrogen and oxygen atoms in total. The number of rotatable bonds is 3. The van der Waals surface area contributed by atoms with Crippen LogP contribution in [0.3, 0.4) is 0 Å². The Morgan fingerprint density at radius 3 is 2.88 bits per heavy atom. The lowest BCUT2D eigenvalue weighted by atomic mass is 10.0. The molecule has 5 rings (SSSR count). The van der Waals surface area contributed by atoms with Crippen molar-refractivity contribution in [3.05, 3.63) is 51.5 Å². The van der Waals surface area contributed by atoms with Crippen molar-refractivity contribution in [2.24, 2.45) is 13.0 Å². The van der Waals surface area contributed by atoms with Crippen LogP contribution in [0.25, 0.3) is 10.9 Å². The third-order valence-electron chi connectivity index (χ3n) is 5.91. The van der Waals surface area contributed by atoms with E-state index in [1.807, 2.05) is 6.07 Å². The zero-order chi connectivity index (χ0) is 22.6. The number of nitriles is 1. The van der Waals surface area contributed by atoms with E-state index in [1.165, 1.54) is 10.8 Å². The molecule has 3 heterocycles. The number of fused-ring (bicyclic) bond motifs is 3. The predicted molar refractivity (Wildman–Crippen MR) is 117 cm³/mol. The number of nitrogens with zero attached hydrogens (tertiary/aromatic N) is 3. The predicted octanol–water partition coefficient (Wildman–Crippen LogP) is 4.42. The summed E-state index contributed by atoms with van der Waals surface area (Å²) in [5.41, 5.74) is 1.55. The summed E-state index contributed by atoms with van der Waals surface area (Å²) >= 11 is 6.01. The molecule has 1 aliphatic heterocycles. The maximum Gasteiger partial charge on any atom is 0.301 e. The first-order valence-corrected chi connectivity index (χ1v) is 10.4. The van der Waals surface area contributed by atoms with Gasteiger partial charge in [0, 0.05) is 24.3 Å². The Labute approximate surface area is 186 Å². The van der Waals surface area contributed by atoms with Gasteiger partial charge >= 0.3 is 5.92 Å². The van der Waals surface area contributed by atoms with Gasteiger partial charge in [-0.2, -0.15) is 5.26 Å². The molecule has 1 aromatic carbocycles. The van der Waals surface area contributed by atoms with Crippen LogP contribution in [-0.4, -0.2) is 28.1 Å². The Morgan fingerprint density at radius 1 is 1.38 bits per heavy atom. The standard InChI is InChI=1S/C22H18ClF2N5O2/c1-30-16-5-4-12(28-15-6-7-27-20(23)14(15)9-26)8-13(16)17-18(21(30)31)32-10-22(24,25)19(29-17)11-2-3-11/h4-8,11,19,29H,2-3,10H2,1H3,(H,27,28)/t19-/m1/s1. The molecule has 32 heavy (non-hydrogen) atoms. The molecule has 1 fully saturated rings. The van der Waals surface area contributed by atoms with E-state index in [2.05, 4.69) is 15.6 Å². The van der Waals surface area contributed by atoms with Crippen molar-refractivity contribution in [3.63, 3.8) is 0 Å². The van der Waals surface area contributed by atoms with Gasteiger partial charge in [0.2, 0.25) is 5.75 Å². The third kappa shape index (κ3) is 3.31. The lowest BCUT2D eigenvalue weighted by Crippen LogP contribution is -2.44. The summed E-state index contributed by atoms with van der Waals surface area (Å²) in [5, 5.41) is 16.1. The summed E-state index contributed by atoms with van der Waals surface area (Å²) in [4.78, 5) is 16.8. The normalized spacial score (nSPS) is 19.3. The number of hydrogen-bond donors (Lipinski definition) is 2. The van der Waals surface area contributed by atoms with Gasteiger partial charge in [-0.25, -0.2) is 13.8 Å². The second-order valence-electron chi connectivity index (χ2n) is 8.07. The number of hydrogen-bond acceptors (Lipinski definition) is 6. The number of aryl methyl sites for hydroxylation is 1. The molecule has 1 saturated carbocycles. The highest BCUT2D eigenvalue weighted by Crippen LogP contribution is 2.45. The van der Waals surface area contributed by atoms with Crippen molar-refractivity contribution >= 4 is 39.6 Å². The Bertz CT molecular complexity index is 1350. The van der Waals surface area contributed by atoms with Gasteiger partial charge in [-0.15, -0.1) is 0 Å². The van der Waals surface area contributed by atoms with Gasteiger partial charge < -0.3 is 19.9 Å². The summed E-state index contributed by atoms with van der Waals surface area (Å²) in [7, 11) is 1.57. The Kier molecular flexibility index (Phi) is 4.71. The van der Waals surface area contributed by atoms with E-state index in [-0.39, 0.29) is 28.1 Å². The first kappa shape index (κ1) is 20.5. The summed E-state index contributed by atoms with van der Waals surface area (Å²) in [6.45, 7) is -0.853. The first-order chi connectivity index (χ1) is 15.3. The van der Waals surface area contributed by atoms with Crippen LogP contribution in [0, 0.1) is 17.2 Å². The van der Waals surface area contributed by atoms with Crippen LogP contribution in [0.5, 0.6) is 5.75 Å². The summed E-state index contributed by atoms with van der Waals surface area (Å²) in [6.07, 6.45) is 2.88. The largest absolute Gasteiger partial charge is 0.480 e. The Balaban J connectivity index is 1.65. The maximum absolute atomic E-state index is 14.7. The molecule has 1 atom stereocenters. The van der Waals surface area contributed by atoms with Gasteiger partial charge in [-0.3, -0.25) is 4.79 Å². The molecule has 2 aromatic heterocycles. The monoisotopic (exact) mass is 457 g/mol. The molecule has 0 saturated heterocycles. The van der Waals surface area contributed by atoms with Crippen LogP contribution in [-0.2, 0) is 7.05 Å². The van der Waals surface area contributed by atoms with Gasteiger partial charge in [-0.1, -0.05) is 11.6 Å². The topological polar surface area (TPSA) is 92.0 Å². The van der Waals surface area contributed by atoms with E-state index in [9.17, 15) is 18.8 Å². The minimum atomic E-state index is -3.11. The fraction of sp³-hybridized carbons (Fsp3) is 0.318. The van der Waals surface area contributed by atoms with Gasteiger partial charge in [0.15, 0.2) is 6.61 Å². The number of alkyl halides is 2. The molecule has 3 aromatic rings. The van der Waals surface area contributed by atoms with E-state index in [0.29, 0.717) is 35.1 Å². The number of halogens is 3. The van der Waals surface area contributed by atoms with Crippen molar-refractivity contribution in [1.29, 1.82) is 5.26 Å². The quantitative estimate of drug-likeness (QED) is 0.566. The third-order valence-corrected chi connectivity index (χ3v) is 6.19. The van der Waals surface area contributed by atoms with Crippen LogP contribution >= 0.6 is 11.6 Å². The molecule has 1 aliphatic carbocycles. The van der Waals surface area contributed by atoms with Gasteiger partial charge in [0.25, 0.3) is 5.56 Å². The number of anilines is 3. The lowest BCUT2D eigenvalue weighted by Gasteiger charge is -2.25. The minimum absolute atomic E-state index is 0.0686. The summed E-state index contributed by atoms with van der Waals surface area (Å²) < 4.78 is 36.2. The first-order valence-electron chi connectivity index (χ1n) is 10.1. The molecule has 0 bridgehead atoms. The average Bonchev–Trinajstić information content (AvgIpc) is 3.60. The van der Waals surface area contributed by atoms with Crippen molar-refractivity contribution in [2.75, 3.05) is 17.2 Å². The number of benzene rings is 1. The maximum atomic E-state index is 14.7. The zero-order valence-corrected chi connectivity index (χ0v) is 17.7. The molecular weight excluding hydrogens is 440 g/mol. The van der Waals surface area contributed by atoms with Crippen molar-refractivity contribution < 1.29 is 13.5 Å². The second-order valence-corrected chi connectivity index (χ2v) is 8.43. The Hall–Kier alpha value is -3.38. The molecule has 164 valence electrons. The molecule has 0 spiro atoms. The molecule has 2 aliphatic rings. The fourth-order valence-electron chi connectivity index (χ4n) is 4.09. The van der Waals surface area contributed by atoms with E-state index < -0.39 is 24.1 Å². The van der Waals surface area contributed by atoms with Crippen LogP contribution in [0.1, 0.15) is 18.4 Å². The van der Waals surface area contributed by atoms with Crippen LogP contribution in [0.4, 0.5) is 25.8 Å². The number of pyridine rings is 2. The molecular formula is C22H18ClF2N5O2. The SMILES string of the molecule is Cn1c(=O)c2c(c3cc(Nc4ccnc(Cl)c4C#N)ccc31)N[C@H](C1CC1)C(F)(F)CO2. The highest BCUT2D eigenvalue weighted by molar-refractivity contribution is 6.31. The van der Waals surface area contributed by atoms with Crippen molar-refractivity contribution in [3.8, 4) is 11.8 Å². The molecule has 0 unspecified atom stereocenters. The fourth-order valence-corrected chi connectivity index (χ4v) is 4.29. The minimum Gasteiger partial charge on any atom is -0.480 e. The number of nitrogens with one attached hydrogen (secondary N) is 2. The number of aromatic nitrogens is 2. The zero-order valence-electron chi connectivity index (χ0n) is 17.0. The lowest BCUT2D eigenvalue weighted by molar-refractivity contribution is -0.0579. The van der Waals surface area contributed by atoms with Gasteiger partial charge in [0.1, 0.15) is 16.8 Å². The highest BCUT2D eigenvalue weighted by atomic mass is 35.5. The molecule has 0 amide bonds. The van der Waals surface area contributed by atoms with E-state index in [4.69, 9.17) is 16.3 Å². The Morgan fingerprint density at radius 2 is 2.16 bits per heavy atom. The van der Waals surface area contributed by atoms with Gasteiger partial charge in [-0.05, 0) is 43.0 Å². The molecule has 0 radical (unpaired) electrons. The van der Waals surface area contributed by atoms with E-state index in [1.54, 1.807) is 31.3 Å². The van der Waals surface area contributed by atoms with E-state index >= 15 is 0 Å². The van der Waals surface area contributed by atoms with Gasteiger partial charge in [0.05, 0.1) is 22.9 Å².